The second kappa shape index (κ2) is 5.68. The van der Waals surface area contributed by atoms with Crippen molar-refractivity contribution in [2.24, 2.45) is 0 Å². The van der Waals surface area contributed by atoms with Gasteiger partial charge in [0.05, 0.1) is 17.2 Å². The Hall–Kier alpha value is -1.17. The summed E-state index contributed by atoms with van der Waals surface area (Å²) in [6.45, 7) is 6.01. The molecule has 2 rings (SSSR count). The molecule has 1 aromatic carbocycles. The van der Waals surface area contributed by atoms with Gasteiger partial charge in [0.25, 0.3) is 0 Å². The van der Waals surface area contributed by atoms with E-state index in [0.29, 0.717) is 6.29 Å². The van der Waals surface area contributed by atoms with Gasteiger partial charge in [-0.1, -0.05) is 11.6 Å². The first-order valence-electron chi connectivity index (χ1n) is 6.35. The van der Waals surface area contributed by atoms with E-state index in [1.54, 1.807) is 0 Å². The van der Waals surface area contributed by atoms with Crippen LogP contribution in [0.3, 0.4) is 0 Å². The van der Waals surface area contributed by atoms with Crippen LogP contribution in [0.25, 0.3) is 0 Å². The summed E-state index contributed by atoms with van der Waals surface area (Å²) in [5, 5.41) is 3.42. The predicted octanol–water partition coefficient (Wildman–Crippen LogP) is 2.78. The SMILES string of the molecule is CC1OC(C)(C)NC1COc1cc(Cl)c(C=O)cc1F. The van der Waals surface area contributed by atoms with Gasteiger partial charge in [0, 0.05) is 11.6 Å². The van der Waals surface area contributed by atoms with Crippen molar-refractivity contribution in [2.75, 3.05) is 6.61 Å². The molecular weight excluding hydrogens is 285 g/mol. The third-order valence-electron chi connectivity index (χ3n) is 3.18. The summed E-state index contributed by atoms with van der Waals surface area (Å²) >= 11 is 5.85. The highest BCUT2D eigenvalue weighted by Gasteiger charge is 2.37. The monoisotopic (exact) mass is 301 g/mol. The molecule has 0 radical (unpaired) electrons. The molecule has 110 valence electrons. The van der Waals surface area contributed by atoms with Crippen LogP contribution < -0.4 is 10.1 Å². The van der Waals surface area contributed by atoms with Crippen LogP contribution in [0.5, 0.6) is 5.75 Å². The number of hydrogen-bond acceptors (Lipinski definition) is 4. The maximum absolute atomic E-state index is 13.7. The van der Waals surface area contributed by atoms with E-state index in [0.717, 1.165) is 6.07 Å². The van der Waals surface area contributed by atoms with Gasteiger partial charge in [0.2, 0.25) is 0 Å². The Morgan fingerprint density at radius 2 is 2.25 bits per heavy atom. The lowest BCUT2D eigenvalue weighted by Crippen LogP contribution is -2.42. The van der Waals surface area contributed by atoms with Crippen molar-refractivity contribution in [3.8, 4) is 5.75 Å². The lowest BCUT2D eigenvalue weighted by atomic mass is 10.2. The summed E-state index contributed by atoms with van der Waals surface area (Å²) in [4.78, 5) is 10.7. The van der Waals surface area contributed by atoms with Gasteiger partial charge < -0.3 is 9.47 Å². The van der Waals surface area contributed by atoms with Crippen molar-refractivity contribution in [3.05, 3.63) is 28.5 Å². The Morgan fingerprint density at radius 3 is 2.80 bits per heavy atom. The van der Waals surface area contributed by atoms with Crippen LogP contribution in [0.2, 0.25) is 5.02 Å². The molecule has 1 aromatic rings. The van der Waals surface area contributed by atoms with Crippen LogP contribution >= 0.6 is 11.6 Å². The fourth-order valence-corrected chi connectivity index (χ4v) is 2.44. The predicted molar refractivity (Wildman–Crippen MR) is 73.8 cm³/mol. The third kappa shape index (κ3) is 3.29. The molecule has 1 aliphatic rings. The Morgan fingerprint density at radius 1 is 1.55 bits per heavy atom. The molecule has 0 aliphatic carbocycles. The lowest BCUT2D eigenvalue weighted by Gasteiger charge is -2.18. The quantitative estimate of drug-likeness (QED) is 0.869. The lowest BCUT2D eigenvalue weighted by molar-refractivity contribution is -0.0178. The van der Waals surface area contributed by atoms with Crippen molar-refractivity contribution < 1.29 is 18.7 Å². The van der Waals surface area contributed by atoms with Gasteiger partial charge in [-0.2, -0.15) is 0 Å². The van der Waals surface area contributed by atoms with E-state index in [2.05, 4.69) is 5.32 Å². The van der Waals surface area contributed by atoms with Crippen LogP contribution in [-0.2, 0) is 4.74 Å². The van der Waals surface area contributed by atoms with E-state index in [1.807, 2.05) is 20.8 Å². The largest absolute Gasteiger partial charge is 0.489 e. The molecule has 1 fully saturated rings. The van der Waals surface area contributed by atoms with Crippen LogP contribution in [0.4, 0.5) is 4.39 Å². The first-order chi connectivity index (χ1) is 9.32. The molecule has 6 heteroatoms. The second-order valence-corrected chi connectivity index (χ2v) is 5.72. The van der Waals surface area contributed by atoms with E-state index >= 15 is 0 Å². The van der Waals surface area contributed by atoms with Crippen LogP contribution in [-0.4, -0.2) is 30.8 Å². The molecule has 0 saturated carbocycles. The van der Waals surface area contributed by atoms with E-state index in [9.17, 15) is 9.18 Å². The first kappa shape index (κ1) is 15.2. The molecule has 0 spiro atoms. The normalized spacial score (nSPS) is 24.6. The molecule has 1 N–H and O–H groups in total. The average molecular weight is 302 g/mol. The number of benzene rings is 1. The fourth-order valence-electron chi connectivity index (χ4n) is 2.25. The van der Waals surface area contributed by atoms with E-state index < -0.39 is 11.5 Å². The summed E-state index contributed by atoms with van der Waals surface area (Å²) in [5.74, 6) is -0.582. The average Bonchev–Trinajstić information content (AvgIpc) is 2.62. The molecule has 0 amide bonds. The number of ether oxygens (including phenoxy) is 2. The number of carbonyl (C=O) groups excluding carboxylic acids is 1. The summed E-state index contributed by atoms with van der Waals surface area (Å²) in [6.07, 6.45) is 0.462. The van der Waals surface area contributed by atoms with Crippen molar-refractivity contribution in [2.45, 2.75) is 38.6 Å². The molecule has 4 nitrogen and oxygen atoms in total. The minimum absolute atomic E-state index is 0.0271. The molecule has 1 aliphatic heterocycles. The maximum Gasteiger partial charge on any atom is 0.165 e. The van der Waals surface area contributed by atoms with E-state index in [1.165, 1.54) is 6.07 Å². The van der Waals surface area contributed by atoms with Gasteiger partial charge >= 0.3 is 0 Å². The van der Waals surface area contributed by atoms with Crippen molar-refractivity contribution in [3.63, 3.8) is 0 Å². The zero-order valence-electron chi connectivity index (χ0n) is 11.6. The van der Waals surface area contributed by atoms with Gasteiger partial charge in [-0.15, -0.1) is 0 Å². The van der Waals surface area contributed by atoms with Crippen LogP contribution in [0.1, 0.15) is 31.1 Å². The Labute approximate surface area is 122 Å². The third-order valence-corrected chi connectivity index (χ3v) is 3.50. The highest BCUT2D eigenvalue weighted by molar-refractivity contribution is 6.33. The van der Waals surface area contributed by atoms with Crippen molar-refractivity contribution >= 4 is 17.9 Å². The van der Waals surface area contributed by atoms with Crippen LogP contribution in [0, 0.1) is 5.82 Å². The fraction of sp³-hybridized carbons (Fsp3) is 0.500. The van der Waals surface area contributed by atoms with Gasteiger partial charge in [0.1, 0.15) is 12.3 Å². The zero-order valence-corrected chi connectivity index (χ0v) is 12.3. The molecular formula is C14H17ClFNO3. The minimum atomic E-state index is -0.609. The molecule has 20 heavy (non-hydrogen) atoms. The number of rotatable bonds is 4. The zero-order chi connectivity index (χ0) is 14.9. The Balaban J connectivity index is 2.05. The number of carbonyl (C=O) groups is 1. The molecule has 1 saturated heterocycles. The molecule has 1 heterocycles. The molecule has 0 aromatic heterocycles. The number of hydrogen-bond donors (Lipinski definition) is 1. The summed E-state index contributed by atoms with van der Waals surface area (Å²) < 4.78 is 24.9. The number of halogens is 2. The molecule has 2 unspecified atom stereocenters. The van der Waals surface area contributed by atoms with Gasteiger partial charge in [-0.05, 0) is 26.8 Å². The van der Waals surface area contributed by atoms with Crippen molar-refractivity contribution in [1.82, 2.24) is 5.32 Å². The summed E-state index contributed by atoms with van der Waals surface area (Å²) in [7, 11) is 0. The number of nitrogens with one attached hydrogen (secondary N) is 1. The topological polar surface area (TPSA) is 47.6 Å². The summed E-state index contributed by atoms with van der Waals surface area (Å²) in [5.41, 5.74) is -0.321. The summed E-state index contributed by atoms with van der Waals surface area (Å²) in [6, 6.07) is 2.33. The van der Waals surface area contributed by atoms with Gasteiger partial charge in [-0.25, -0.2) is 4.39 Å². The van der Waals surface area contributed by atoms with Crippen LogP contribution in [0.15, 0.2) is 12.1 Å². The highest BCUT2D eigenvalue weighted by atomic mass is 35.5. The van der Waals surface area contributed by atoms with Gasteiger partial charge in [-0.3, -0.25) is 10.1 Å². The van der Waals surface area contributed by atoms with Crippen molar-refractivity contribution in [1.29, 1.82) is 0 Å². The Bertz CT molecular complexity index is 521. The maximum atomic E-state index is 13.7. The standard InChI is InChI=1S/C14H17ClFNO3/c1-8-12(17-14(2,3)20-8)7-19-13-5-10(15)9(6-18)4-11(13)16/h4-6,8,12,17H,7H2,1-3H3. The molecule has 0 bridgehead atoms. The van der Waals surface area contributed by atoms with Gasteiger partial charge in [0.15, 0.2) is 17.9 Å². The van der Waals surface area contributed by atoms with E-state index in [-0.39, 0.29) is 35.1 Å². The second-order valence-electron chi connectivity index (χ2n) is 5.32. The smallest absolute Gasteiger partial charge is 0.165 e. The number of aldehydes is 1. The highest BCUT2D eigenvalue weighted by Crippen LogP contribution is 2.27. The molecule has 2 atom stereocenters. The van der Waals surface area contributed by atoms with E-state index in [4.69, 9.17) is 21.1 Å². The minimum Gasteiger partial charge on any atom is -0.489 e. The Kier molecular flexibility index (Phi) is 4.32. The first-order valence-corrected chi connectivity index (χ1v) is 6.73.